The largest absolute Gasteiger partial charge is 0.336 e. The molecule has 0 aliphatic carbocycles. The van der Waals surface area contributed by atoms with E-state index in [1.165, 1.54) is 0 Å². The zero-order valence-corrected chi connectivity index (χ0v) is 11.6. The Hall–Kier alpha value is -1.52. The first-order valence-corrected chi connectivity index (χ1v) is 6.85. The van der Waals surface area contributed by atoms with Crippen LogP contribution in [0.4, 0.5) is 0 Å². The average molecular weight is 295 g/mol. The maximum Gasteiger partial charge on any atom is 0.124 e. The van der Waals surface area contributed by atoms with Gasteiger partial charge in [0.2, 0.25) is 0 Å². The topological polar surface area (TPSA) is 35.6 Å². The molecule has 3 aromatic rings. The number of hydrogen-bond acceptors (Lipinski definition) is 2. The van der Waals surface area contributed by atoms with Gasteiger partial charge in [0.05, 0.1) is 23.2 Å². The van der Waals surface area contributed by atoms with Crippen molar-refractivity contribution in [3.8, 4) is 0 Å². The molecule has 0 aliphatic rings. The van der Waals surface area contributed by atoms with Crippen LogP contribution in [-0.4, -0.2) is 19.1 Å². The van der Waals surface area contributed by atoms with Crippen molar-refractivity contribution in [3.63, 3.8) is 0 Å². The molecule has 4 nitrogen and oxygen atoms in total. The number of aryl methyl sites for hydroxylation is 2. The maximum atomic E-state index is 5.99. The normalized spacial score (nSPS) is 11.3. The van der Waals surface area contributed by atoms with Crippen LogP contribution >= 0.6 is 23.2 Å². The lowest BCUT2D eigenvalue weighted by molar-refractivity contribution is 0.577. The fourth-order valence-corrected chi connectivity index (χ4v) is 2.51. The van der Waals surface area contributed by atoms with Crippen molar-refractivity contribution in [2.24, 2.45) is 0 Å². The molecule has 0 saturated carbocycles. The summed E-state index contributed by atoms with van der Waals surface area (Å²) in [5.41, 5.74) is 1.94. The first-order valence-electron chi connectivity index (χ1n) is 5.94. The van der Waals surface area contributed by atoms with E-state index in [1.54, 1.807) is 12.5 Å². The van der Waals surface area contributed by atoms with Crippen LogP contribution in [0.1, 0.15) is 5.82 Å². The van der Waals surface area contributed by atoms with E-state index in [-0.39, 0.29) is 0 Å². The Balaban J connectivity index is 1.96. The summed E-state index contributed by atoms with van der Waals surface area (Å²) in [5, 5.41) is 0.688. The standard InChI is InChI=1S/C13H12Cl2N4/c14-8-13-17-11-7-10(15)1-2-12(11)19(13)6-5-18-4-3-16-9-18/h1-4,7,9H,5-6,8H2. The second-order valence-electron chi connectivity index (χ2n) is 4.25. The molecule has 1 aromatic carbocycles. The first kappa shape index (κ1) is 12.5. The maximum absolute atomic E-state index is 5.99. The smallest absolute Gasteiger partial charge is 0.124 e. The van der Waals surface area contributed by atoms with Crippen LogP contribution in [0.5, 0.6) is 0 Å². The summed E-state index contributed by atoms with van der Waals surface area (Å²) in [4.78, 5) is 8.55. The van der Waals surface area contributed by atoms with Gasteiger partial charge < -0.3 is 9.13 Å². The van der Waals surface area contributed by atoms with Crippen molar-refractivity contribution in [3.05, 3.63) is 47.8 Å². The lowest BCUT2D eigenvalue weighted by Crippen LogP contribution is -2.08. The van der Waals surface area contributed by atoms with Crippen LogP contribution in [0, 0.1) is 0 Å². The molecule has 6 heteroatoms. The molecule has 0 fully saturated rings. The van der Waals surface area contributed by atoms with Crippen molar-refractivity contribution in [2.45, 2.75) is 19.0 Å². The van der Waals surface area contributed by atoms with Crippen LogP contribution in [0.15, 0.2) is 36.9 Å². The molecule has 0 N–H and O–H groups in total. The first-order chi connectivity index (χ1) is 9.28. The molecule has 0 aliphatic heterocycles. The molecule has 3 rings (SSSR count). The molecule has 0 saturated heterocycles. The van der Waals surface area contributed by atoms with E-state index in [1.807, 2.05) is 29.0 Å². The van der Waals surface area contributed by atoms with Gasteiger partial charge in [0.15, 0.2) is 0 Å². The van der Waals surface area contributed by atoms with E-state index < -0.39 is 0 Å². The Kier molecular flexibility index (Phi) is 3.44. The van der Waals surface area contributed by atoms with Crippen LogP contribution in [0.25, 0.3) is 11.0 Å². The van der Waals surface area contributed by atoms with Crippen LogP contribution in [0.3, 0.4) is 0 Å². The summed E-state index contributed by atoms with van der Waals surface area (Å²) in [6.45, 7) is 1.63. The highest BCUT2D eigenvalue weighted by Crippen LogP contribution is 2.21. The molecule has 2 heterocycles. The van der Waals surface area contributed by atoms with E-state index in [2.05, 4.69) is 14.5 Å². The van der Waals surface area contributed by atoms with Gasteiger partial charge in [0.25, 0.3) is 0 Å². The summed E-state index contributed by atoms with van der Waals surface area (Å²) in [6.07, 6.45) is 5.51. The Morgan fingerprint density at radius 1 is 1.21 bits per heavy atom. The van der Waals surface area contributed by atoms with Crippen LogP contribution in [-0.2, 0) is 19.0 Å². The minimum atomic E-state index is 0.385. The van der Waals surface area contributed by atoms with Gasteiger partial charge in [-0.3, -0.25) is 0 Å². The Morgan fingerprint density at radius 3 is 2.84 bits per heavy atom. The lowest BCUT2D eigenvalue weighted by Gasteiger charge is -2.08. The van der Waals surface area contributed by atoms with Gasteiger partial charge in [-0.05, 0) is 18.2 Å². The quantitative estimate of drug-likeness (QED) is 0.692. The van der Waals surface area contributed by atoms with E-state index in [9.17, 15) is 0 Å². The van der Waals surface area contributed by atoms with Gasteiger partial charge in [-0.2, -0.15) is 0 Å². The predicted molar refractivity (Wildman–Crippen MR) is 76.5 cm³/mol. The fraction of sp³-hybridized carbons (Fsp3) is 0.231. The summed E-state index contributed by atoms with van der Waals surface area (Å²) in [5.74, 6) is 1.25. The van der Waals surface area contributed by atoms with Gasteiger partial charge >= 0.3 is 0 Å². The molecule has 0 amide bonds. The Bertz CT molecular complexity index is 688. The number of nitrogens with zero attached hydrogens (tertiary/aromatic N) is 4. The van der Waals surface area contributed by atoms with E-state index >= 15 is 0 Å². The van der Waals surface area contributed by atoms with Gasteiger partial charge in [0.1, 0.15) is 5.82 Å². The highest BCUT2D eigenvalue weighted by atomic mass is 35.5. The number of alkyl halides is 1. The van der Waals surface area contributed by atoms with Crippen molar-refractivity contribution < 1.29 is 0 Å². The van der Waals surface area contributed by atoms with Gasteiger partial charge in [-0.1, -0.05) is 11.6 Å². The minimum Gasteiger partial charge on any atom is -0.336 e. The zero-order chi connectivity index (χ0) is 13.2. The van der Waals surface area contributed by atoms with E-state index in [0.29, 0.717) is 10.9 Å². The van der Waals surface area contributed by atoms with Gasteiger partial charge in [0, 0.05) is 30.5 Å². The number of aromatic nitrogens is 4. The minimum absolute atomic E-state index is 0.385. The number of imidazole rings is 2. The molecule has 19 heavy (non-hydrogen) atoms. The van der Waals surface area contributed by atoms with Crippen LogP contribution in [0.2, 0.25) is 5.02 Å². The highest BCUT2D eigenvalue weighted by molar-refractivity contribution is 6.31. The van der Waals surface area contributed by atoms with E-state index in [4.69, 9.17) is 23.2 Å². The Labute approximate surface area is 120 Å². The summed E-state index contributed by atoms with van der Waals surface area (Å²) >= 11 is 12.0. The monoisotopic (exact) mass is 294 g/mol. The number of fused-ring (bicyclic) bond motifs is 1. The second-order valence-corrected chi connectivity index (χ2v) is 4.95. The second kappa shape index (κ2) is 5.23. The third kappa shape index (κ3) is 2.46. The number of benzene rings is 1. The third-order valence-electron chi connectivity index (χ3n) is 3.05. The summed E-state index contributed by atoms with van der Waals surface area (Å²) in [6, 6.07) is 5.71. The molecule has 98 valence electrons. The molecule has 0 atom stereocenters. The number of hydrogen-bond donors (Lipinski definition) is 0. The predicted octanol–water partition coefficient (Wildman–Crippen LogP) is 3.33. The van der Waals surface area contributed by atoms with Crippen molar-refractivity contribution in [1.82, 2.24) is 19.1 Å². The number of rotatable bonds is 4. The number of halogens is 2. The van der Waals surface area contributed by atoms with Crippen molar-refractivity contribution in [1.29, 1.82) is 0 Å². The van der Waals surface area contributed by atoms with Crippen molar-refractivity contribution >= 4 is 34.2 Å². The molecular formula is C13H12Cl2N4. The third-order valence-corrected chi connectivity index (χ3v) is 3.52. The lowest BCUT2D eigenvalue weighted by atomic mass is 10.3. The van der Waals surface area contributed by atoms with Gasteiger partial charge in [-0.15, -0.1) is 11.6 Å². The molecule has 0 spiro atoms. The molecular weight excluding hydrogens is 283 g/mol. The summed E-state index contributed by atoms with van der Waals surface area (Å²) < 4.78 is 4.15. The fourth-order valence-electron chi connectivity index (χ4n) is 2.14. The van der Waals surface area contributed by atoms with Gasteiger partial charge in [-0.25, -0.2) is 9.97 Å². The molecule has 0 radical (unpaired) electrons. The van der Waals surface area contributed by atoms with Crippen molar-refractivity contribution in [2.75, 3.05) is 0 Å². The Morgan fingerprint density at radius 2 is 2.11 bits per heavy atom. The molecule has 0 unspecified atom stereocenters. The summed E-state index contributed by atoms with van der Waals surface area (Å²) in [7, 11) is 0. The molecule has 2 aromatic heterocycles. The van der Waals surface area contributed by atoms with E-state index in [0.717, 1.165) is 29.9 Å². The zero-order valence-electron chi connectivity index (χ0n) is 10.1. The van der Waals surface area contributed by atoms with Crippen LogP contribution < -0.4 is 0 Å². The highest BCUT2D eigenvalue weighted by Gasteiger charge is 2.10. The molecule has 0 bridgehead atoms. The SMILES string of the molecule is ClCc1nc2cc(Cl)ccc2n1CCn1ccnc1. The average Bonchev–Trinajstić information content (AvgIpc) is 3.02.